The van der Waals surface area contributed by atoms with Gasteiger partial charge in [0, 0.05) is 12.8 Å². The lowest BCUT2D eigenvalue weighted by molar-refractivity contribution is -0.203. The Morgan fingerprint density at radius 3 is 2.48 bits per heavy atom. The molecule has 0 radical (unpaired) electrons. The van der Waals surface area contributed by atoms with Gasteiger partial charge >= 0.3 is 5.97 Å². The van der Waals surface area contributed by atoms with Crippen LogP contribution in [0.1, 0.15) is 57.1 Å². The maximum absolute atomic E-state index is 12.2. The molecule has 6 heteroatoms. The molecule has 2 unspecified atom stereocenters. The monoisotopic (exact) mass is 338 g/mol. The van der Waals surface area contributed by atoms with Crippen molar-refractivity contribution in [2.24, 2.45) is 0 Å². The van der Waals surface area contributed by atoms with Crippen molar-refractivity contribution < 1.29 is 22.7 Å². The SMILES string of the molecule is CCC(=O)OC1CCCC(c2ccc(S(=O)(=O)C3CC3)cc2)O1. The van der Waals surface area contributed by atoms with Gasteiger partial charge in [-0.3, -0.25) is 4.79 Å². The van der Waals surface area contributed by atoms with Gasteiger partial charge in [0.15, 0.2) is 9.84 Å². The smallest absolute Gasteiger partial charge is 0.307 e. The first kappa shape index (κ1) is 16.5. The lowest BCUT2D eigenvalue weighted by Gasteiger charge is -2.29. The summed E-state index contributed by atoms with van der Waals surface area (Å²) in [6.45, 7) is 1.75. The van der Waals surface area contributed by atoms with Crippen LogP contribution in [-0.4, -0.2) is 25.9 Å². The second-order valence-corrected chi connectivity index (χ2v) is 8.37. The number of esters is 1. The molecule has 0 N–H and O–H groups in total. The number of benzene rings is 1. The summed E-state index contributed by atoms with van der Waals surface area (Å²) in [6, 6.07) is 6.94. The Bertz CT molecular complexity index is 661. The number of ether oxygens (including phenoxy) is 2. The van der Waals surface area contributed by atoms with Gasteiger partial charge in [0.25, 0.3) is 0 Å². The van der Waals surface area contributed by atoms with Gasteiger partial charge in [-0.05, 0) is 43.4 Å². The maximum atomic E-state index is 12.2. The van der Waals surface area contributed by atoms with Crippen LogP contribution in [0.5, 0.6) is 0 Å². The second kappa shape index (κ2) is 6.61. The van der Waals surface area contributed by atoms with E-state index in [4.69, 9.17) is 9.47 Å². The van der Waals surface area contributed by atoms with E-state index in [1.54, 1.807) is 19.1 Å². The van der Waals surface area contributed by atoms with E-state index in [1.807, 2.05) is 12.1 Å². The Labute approximate surface area is 136 Å². The quantitative estimate of drug-likeness (QED) is 0.771. The number of carbonyl (C=O) groups is 1. The predicted molar refractivity (Wildman–Crippen MR) is 84.5 cm³/mol. The minimum absolute atomic E-state index is 0.156. The van der Waals surface area contributed by atoms with Crippen LogP contribution in [-0.2, 0) is 24.1 Å². The van der Waals surface area contributed by atoms with Gasteiger partial charge in [-0.25, -0.2) is 8.42 Å². The van der Waals surface area contributed by atoms with E-state index in [1.165, 1.54) is 0 Å². The summed E-state index contributed by atoms with van der Waals surface area (Å²) in [4.78, 5) is 11.8. The molecule has 23 heavy (non-hydrogen) atoms. The Kier molecular flexibility index (Phi) is 4.73. The largest absolute Gasteiger partial charge is 0.436 e. The lowest BCUT2D eigenvalue weighted by Crippen LogP contribution is -2.27. The summed E-state index contributed by atoms with van der Waals surface area (Å²) in [6.07, 6.45) is 3.66. The van der Waals surface area contributed by atoms with Crippen molar-refractivity contribution in [2.75, 3.05) is 0 Å². The minimum atomic E-state index is -3.15. The van der Waals surface area contributed by atoms with Crippen LogP contribution in [0.25, 0.3) is 0 Å². The molecule has 2 atom stereocenters. The predicted octanol–water partition coefficient (Wildman–Crippen LogP) is 3.14. The zero-order valence-electron chi connectivity index (χ0n) is 13.2. The third kappa shape index (κ3) is 3.75. The average Bonchev–Trinajstić information content (AvgIpc) is 3.40. The van der Waals surface area contributed by atoms with Crippen molar-refractivity contribution in [3.63, 3.8) is 0 Å². The molecule has 1 aromatic rings. The number of hydrogen-bond acceptors (Lipinski definition) is 5. The molecular weight excluding hydrogens is 316 g/mol. The summed E-state index contributed by atoms with van der Waals surface area (Å²) in [5.74, 6) is -0.262. The summed E-state index contributed by atoms with van der Waals surface area (Å²) in [5.41, 5.74) is 0.928. The highest BCUT2D eigenvalue weighted by atomic mass is 32.2. The molecule has 1 aliphatic carbocycles. The van der Waals surface area contributed by atoms with Crippen LogP contribution in [0.3, 0.4) is 0 Å². The third-order valence-corrected chi connectivity index (χ3v) is 6.60. The average molecular weight is 338 g/mol. The molecular formula is C17H22O5S. The molecule has 1 aliphatic heterocycles. The first-order chi connectivity index (χ1) is 11.0. The third-order valence-electron chi connectivity index (χ3n) is 4.32. The highest BCUT2D eigenvalue weighted by molar-refractivity contribution is 7.92. The van der Waals surface area contributed by atoms with Crippen molar-refractivity contribution in [3.8, 4) is 0 Å². The molecule has 1 aromatic carbocycles. The summed E-state index contributed by atoms with van der Waals surface area (Å²) in [5, 5.41) is -0.197. The van der Waals surface area contributed by atoms with Gasteiger partial charge in [0.2, 0.25) is 6.29 Å². The minimum Gasteiger partial charge on any atom is -0.436 e. The fourth-order valence-corrected chi connectivity index (χ4v) is 4.45. The number of hydrogen-bond donors (Lipinski definition) is 0. The molecule has 0 aromatic heterocycles. The van der Waals surface area contributed by atoms with Crippen LogP contribution in [0, 0.1) is 0 Å². The summed E-state index contributed by atoms with van der Waals surface area (Å²) < 4.78 is 35.5. The molecule has 0 bridgehead atoms. The molecule has 5 nitrogen and oxygen atoms in total. The van der Waals surface area contributed by atoms with Crippen LogP contribution in [0.4, 0.5) is 0 Å². The van der Waals surface area contributed by atoms with Crippen LogP contribution >= 0.6 is 0 Å². The zero-order valence-corrected chi connectivity index (χ0v) is 14.1. The molecule has 3 rings (SSSR count). The Morgan fingerprint density at radius 2 is 1.87 bits per heavy atom. The zero-order chi connectivity index (χ0) is 16.4. The van der Waals surface area contributed by atoms with Crippen molar-refractivity contribution in [1.82, 2.24) is 0 Å². The van der Waals surface area contributed by atoms with E-state index in [2.05, 4.69) is 0 Å². The number of rotatable bonds is 5. The van der Waals surface area contributed by atoms with Gasteiger partial charge in [-0.15, -0.1) is 0 Å². The molecule has 0 spiro atoms. The number of carbonyl (C=O) groups excluding carboxylic acids is 1. The molecule has 1 saturated heterocycles. The highest BCUT2D eigenvalue weighted by Gasteiger charge is 2.37. The van der Waals surface area contributed by atoms with Crippen LogP contribution < -0.4 is 0 Å². The van der Waals surface area contributed by atoms with Gasteiger partial charge in [0.05, 0.1) is 16.2 Å². The fraction of sp³-hybridized carbons (Fsp3) is 0.588. The van der Waals surface area contributed by atoms with Crippen LogP contribution in [0.15, 0.2) is 29.2 Å². The van der Waals surface area contributed by atoms with Crippen molar-refractivity contribution in [1.29, 1.82) is 0 Å². The van der Waals surface area contributed by atoms with E-state index in [9.17, 15) is 13.2 Å². The lowest BCUT2D eigenvalue weighted by atomic mass is 10.0. The Morgan fingerprint density at radius 1 is 1.17 bits per heavy atom. The maximum Gasteiger partial charge on any atom is 0.307 e. The number of sulfone groups is 1. The van der Waals surface area contributed by atoms with E-state index in [0.717, 1.165) is 31.2 Å². The topological polar surface area (TPSA) is 69.7 Å². The first-order valence-corrected chi connectivity index (χ1v) is 9.74. The van der Waals surface area contributed by atoms with E-state index in [-0.39, 0.29) is 17.3 Å². The molecule has 2 aliphatic rings. The standard InChI is InChI=1S/C17H22O5S/c1-2-16(18)22-17-5-3-4-15(21-17)12-6-8-13(9-7-12)23(19,20)14-10-11-14/h6-9,14-15,17H,2-5,10-11H2,1H3. The van der Waals surface area contributed by atoms with E-state index < -0.39 is 16.1 Å². The van der Waals surface area contributed by atoms with Crippen LogP contribution in [0.2, 0.25) is 0 Å². The van der Waals surface area contributed by atoms with Crippen molar-refractivity contribution in [2.45, 2.75) is 68.0 Å². The molecule has 0 amide bonds. The van der Waals surface area contributed by atoms with Gasteiger partial charge in [0.1, 0.15) is 0 Å². The molecule has 2 fully saturated rings. The van der Waals surface area contributed by atoms with E-state index in [0.29, 0.717) is 17.7 Å². The molecule has 126 valence electrons. The van der Waals surface area contributed by atoms with Crippen molar-refractivity contribution >= 4 is 15.8 Å². The van der Waals surface area contributed by atoms with Gasteiger partial charge in [-0.2, -0.15) is 0 Å². The highest BCUT2D eigenvalue weighted by Crippen LogP contribution is 2.35. The second-order valence-electron chi connectivity index (χ2n) is 6.14. The first-order valence-electron chi connectivity index (χ1n) is 8.19. The van der Waals surface area contributed by atoms with Gasteiger partial charge in [-0.1, -0.05) is 19.1 Å². The molecule has 1 heterocycles. The van der Waals surface area contributed by atoms with Crippen molar-refractivity contribution in [3.05, 3.63) is 29.8 Å². The Balaban J connectivity index is 1.68. The normalized spacial score (nSPS) is 25.1. The molecule has 1 saturated carbocycles. The summed E-state index contributed by atoms with van der Waals surface area (Å²) in [7, 11) is -3.15. The van der Waals surface area contributed by atoms with Gasteiger partial charge < -0.3 is 9.47 Å². The summed E-state index contributed by atoms with van der Waals surface area (Å²) >= 11 is 0. The van der Waals surface area contributed by atoms with E-state index >= 15 is 0 Å². The Hall–Kier alpha value is -1.40. The fourth-order valence-electron chi connectivity index (χ4n) is 2.79.